The maximum absolute atomic E-state index is 3.37. The van der Waals surface area contributed by atoms with Gasteiger partial charge in [0, 0.05) is 44.0 Å². The SMILES string of the molecule is C1=S(N2CCNCC2)CCN1. The van der Waals surface area contributed by atoms with Gasteiger partial charge in [0.2, 0.25) is 0 Å². The molecule has 1 unspecified atom stereocenters. The van der Waals surface area contributed by atoms with Crippen LogP contribution in [0.15, 0.2) is 0 Å². The van der Waals surface area contributed by atoms with Gasteiger partial charge in [0.05, 0.1) is 0 Å². The van der Waals surface area contributed by atoms with Gasteiger partial charge in [-0.15, -0.1) is 10.7 Å². The number of hydrogen-bond donors (Lipinski definition) is 2. The highest BCUT2D eigenvalue weighted by atomic mass is 32.2. The molecule has 0 aromatic heterocycles. The molecule has 1 saturated heterocycles. The Morgan fingerprint density at radius 2 is 2.00 bits per heavy atom. The van der Waals surface area contributed by atoms with Crippen molar-refractivity contribution < 1.29 is 0 Å². The Bertz CT molecular complexity index is 163. The van der Waals surface area contributed by atoms with Crippen molar-refractivity contribution in [3.8, 4) is 0 Å². The summed E-state index contributed by atoms with van der Waals surface area (Å²) in [7, 11) is 0.443. The van der Waals surface area contributed by atoms with Crippen LogP contribution in [-0.4, -0.2) is 48.3 Å². The van der Waals surface area contributed by atoms with Crippen molar-refractivity contribution in [1.29, 1.82) is 0 Å². The van der Waals surface area contributed by atoms with Gasteiger partial charge in [0.25, 0.3) is 0 Å². The fourth-order valence-corrected chi connectivity index (χ4v) is 3.27. The summed E-state index contributed by atoms with van der Waals surface area (Å²) in [5.74, 6) is 1.32. The minimum Gasteiger partial charge on any atom is -0.314 e. The third-order valence-electron chi connectivity index (χ3n) is 2.08. The van der Waals surface area contributed by atoms with Gasteiger partial charge in [0.1, 0.15) is 0 Å². The summed E-state index contributed by atoms with van der Waals surface area (Å²) in [4.78, 5) is 0. The van der Waals surface area contributed by atoms with Gasteiger partial charge in [-0.2, -0.15) is 0 Å². The summed E-state index contributed by atoms with van der Waals surface area (Å²) < 4.78 is 2.58. The van der Waals surface area contributed by atoms with Crippen molar-refractivity contribution >= 4 is 16.2 Å². The van der Waals surface area contributed by atoms with Gasteiger partial charge in [-0.05, 0) is 0 Å². The van der Waals surface area contributed by atoms with Crippen LogP contribution >= 0.6 is 10.7 Å². The Hall–Kier alpha value is 0.1000. The van der Waals surface area contributed by atoms with E-state index in [1.54, 1.807) is 0 Å². The maximum Gasteiger partial charge on any atom is 0.0211 e. The summed E-state index contributed by atoms with van der Waals surface area (Å²) >= 11 is 0. The molecule has 2 N–H and O–H groups in total. The van der Waals surface area contributed by atoms with E-state index < -0.39 is 0 Å². The highest BCUT2D eigenvalue weighted by Crippen LogP contribution is 2.20. The molecule has 1 fully saturated rings. The minimum absolute atomic E-state index is 0.443. The molecule has 0 aromatic rings. The van der Waals surface area contributed by atoms with E-state index in [1.165, 1.54) is 25.4 Å². The lowest BCUT2D eigenvalue weighted by molar-refractivity contribution is 0.396. The zero-order chi connectivity index (χ0) is 7.52. The zero-order valence-corrected chi connectivity index (χ0v) is 7.49. The number of nitrogens with one attached hydrogen (secondary N) is 2. The van der Waals surface area contributed by atoms with Crippen molar-refractivity contribution in [3.05, 3.63) is 0 Å². The van der Waals surface area contributed by atoms with Crippen molar-refractivity contribution in [1.82, 2.24) is 14.9 Å². The molecule has 2 aliphatic rings. The molecule has 0 aliphatic carbocycles. The summed E-state index contributed by atoms with van der Waals surface area (Å²) in [6.45, 7) is 5.95. The Morgan fingerprint density at radius 1 is 1.18 bits per heavy atom. The molecule has 1 atom stereocenters. The van der Waals surface area contributed by atoms with Gasteiger partial charge in [-0.25, -0.2) is 0 Å². The molecule has 4 heteroatoms. The topological polar surface area (TPSA) is 27.3 Å². The molecule has 11 heavy (non-hydrogen) atoms. The van der Waals surface area contributed by atoms with E-state index in [0.717, 1.165) is 13.1 Å². The second-order valence-electron chi connectivity index (χ2n) is 2.86. The number of piperazine rings is 1. The van der Waals surface area contributed by atoms with Crippen LogP contribution in [-0.2, 0) is 0 Å². The van der Waals surface area contributed by atoms with Crippen LogP contribution in [0.1, 0.15) is 0 Å². The lowest BCUT2D eigenvalue weighted by Gasteiger charge is -2.28. The Labute approximate surface area is 70.2 Å². The van der Waals surface area contributed by atoms with E-state index in [1.807, 2.05) is 0 Å². The largest absolute Gasteiger partial charge is 0.314 e. The van der Waals surface area contributed by atoms with Crippen LogP contribution < -0.4 is 10.6 Å². The molecule has 64 valence electrons. The van der Waals surface area contributed by atoms with E-state index in [2.05, 4.69) is 20.4 Å². The lowest BCUT2D eigenvalue weighted by atomic mass is 10.4. The average Bonchev–Trinajstić information content (AvgIpc) is 2.58. The normalized spacial score (nSPS) is 33.6. The molecular weight excluding hydrogens is 158 g/mol. The molecule has 0 amide bonds. The van der Waals surface area contributed by atoms with Crippen LogP contribution in [0.4, 0.5) is 0 Å². The van der Waals surface area contributed by atoms with E-state index in [0.29, 0.717) is 10.7 Å². The second-order valence-corrected chi connectivity index (χ2v) is 4.82. The van der Waals surface area contributed by atoms with Crippen LogP contribution in [0.3, 0.4) is 0 Å². The van der Waals surface area contributed by atoms with Gasteiger partial charge in [-0.3, -0.25) is 9.62 Å². The quantitative estimate of drug-likeness (QED) is 0.520. The van der Waals surface area contributed by atoms with Gasteiger partial charge in [0.15, 0.2) is 0 Å². The number of hydrogen-bond acceptors (Lipinski definition) is 3. The van der Waals surface area contributed by atoms with E-state index in [-0.39, 0.29) is 0 Å². The molecular formula is C7H15N3S. The van der Waals surface area contributed by atoms with Crippen LogP contribution in [0.2, 0.25) is 0 Å². The first-order valence-electron chi connectivity index (χ1n) is 4.19. The number of rotatable bonds is 1. The van der Waals surface area contributed by atoms with Gasteiger partial charge >= 0.3 is 0 Å². The van der Waals surface area contributed by atoms with Crippen molar-refractivity contribution in [2.45, 2.75) is 0 Å². The third kappa shape index (κ3) is 1.82. The highest BCUT2D eigenvalue weighted by molar-refractivity contribution is 8.13. The summed E-state index contributed by atoms with van der Waals surface area (Å²) in [6.07, 6.45) is 0. The summed E-state index contributed by atoms with van der Waals surface area (Å²) in [6, 6.07) is 0. The highest BCUT2D eigenvalue weighted by Gasteiger charge is 2.14. The van der Waals surface area contributed by atoms with Crippen LogP contribution in [0, 0.1) is 0 Å². The van der Waals surface area contributed by atoms with Crippen LogP contribution in [0.25, 0.3) is 0 Å². The molecule has 0 bridgehead atoms. The molecule has 2 heterocycles. The lowest BCUT2D eigenvalue weighted by Crippen LogP contribution is -2.40. The van der Waals surface area contributed by atoms with Gasteiger partial charge < -0.3 is 5.32 Å². The predicted octanol–water partition coefficient (Wildman–Crippen LogP) is -0.562. The smallest absolute Gasteiger partial charge is 0.0211 e. The Morgan fingerprint density at radius 3 is 2.64 bits per heavy atom. The molecule has 0 spiro atoms. The fourth-order valence-electron chi connectivity index (χ4n) is 1.46. The monoisotopic (exact) mass is 173 g/mol. The summed E-state index contributed by atoms with van der Waals surface area (Å²) in [5, 5.41) is 6.66. The van der Waals surface area contributed by atoms with Crippen molar-refractivity contribution in [3.63, 3.8) is 0 Å². The summed E-state index contributed by atoms with van der Waals surface area (Å²) in [5.41, 5.74) is 2.27. The second kappa shape index (κ2) is 3.67. The number of nitrogens with zero attached hydrogens (tertiary/aromatic N) is 1. The van der Waals surface area contributed by atoms with E-state index in [4.69, 9.17) is 0 Å². The van der Waals surface area contributed by atoms with E-state index >= 15 is 0 Å². The first-order chi connectivity index (χ1) is 5.47. The molecule has 3 nitrogen and oxygen atoms in total. The molecule has 2 aliphatic heterocycles. The molecule has 0 radical (unpaired) electrons. The molecule has 0 saturated carbocycles. The standard InChI is InChI=1S/C7H15N3S/c1-4-10(5-2-8-1)11-6-3-9-7-11/h7-9H,1-6H2. The third-order valence-corrected chi connectivity index (χ3v) is 4.17. The first-order valence-corrected chi connectivity index (χ1v) is 5.60. The van der Waals surface area contributed by atoms with Crippen LogP contribution in [0.5, 0.6) is 0 Å². The Balaban J connectivity index is 1.92. The van der Waals surface area contributed by atoms with Gasteiger partial charge in [-0.1, -0.05) is 0 Å². The van der Waals surface area contributed by atoms with Crippen molar-refractivity contribution in [2.24, 2.45) is 0 Å². The maximum atomic E-state index is 3.37. The molecule has 2 rings (SSSR count). The molecule has 0 aromatic carbocycles. The first kappa shape index (κ1) is 7.73. The Kier molecular flexibility index (Phi) is 2.58. The zero-order valence-electron chi connectivity index (χ0n) is 6.68. The van der Waals surface area contributed by atoms with E-state index in [9.17, 15) is 0 Å². The fraction of sp³-hybridized carbons (Fsp3) is 0.857. The average molecular weight is 173 g/mol. The predicted molar refractivity (Wildman–Crippen MR) is 51.0 cm³/mol. The minimum atomic E-state index is 0.443. The van der Waals surface area contributed by atoms with Crippen molar-refractivity contribution in [2.75, 3.05) is 38.5 Å².